The van der Waals surface area contributed by atoms with Crippen molar-refractivity contribution in [3.8, 4) is 0 Å². The molecule has 19 heavy (non-hydrogen) atoms. The van der Waals surface area contributed by atoms with E-state index in [1.165, 1.54) is 11.3 Å². The second-order valence-corrected chi connectivity index (χ2v) is 5.06. The van der Waals surface area contributed by atoms with Gasteiger partial charge in [-0.25, -0.2) is 9.78 Å². The van der Waals surface area contributed by atoms with Crippen molar-refractivity contribution in [1.29, 1.82) is 0 Å². The number of anilines is 2. The first-order chi connectivity index (χ1) is 9.11. The van der Waals surface area contributed by atoms with E-state index < -0.39 is 5.97 Å². The van der Waals surface area contributed by atoms with Crippen molar-refractivity contribution in [1.82, 2.24) is 4.98 Å². The van der Waals surface area contributed by atoms with E-state index in [2.05, 4.69) is 10.3 Å². The molecule has 1 heterocycles. The van der Waals surface area contributed by atoms with Crippen LogP contribution < -0.4 is 5.32 Å². The molecule has 0 fully saturated rings. The Kier molecular flexibility index (Phi) is 4.39. The van der Waals surface area contributed by atoms with E-state index in [-0.39, 0.29) is 0 Å². The molecule has 0 aliphatic carbocycles. The van der Waals surface area contributed by atoms with Gasteiger partial charge in [0.05, 0.1) is 17.3 Å². The molecule has 0 saturated heterocycles. The van der Waals surface area contributed by atoms with Gasteiger partial charge in [0.2, 0.25) is 0 Å². The number of esters is 1. The number of thiazole rings is 1. The normalized spacial score (nSPS) is 10.3. The van der Waals surface area contributed by atoms with E-state index in [0.29, 0.717) is 22.5 Å². The van der Waals surface area contributed by atoms with Crippen LogP contribution in [0.4, 0.5) is 10.8 Å². The highest BCUT2D eigenvalue weighted by Crippen LogP contribution is 2.29. The van der Waals surface area contributed by atoms with Crippen molar-refractivity contribution in [2.45, 2.75) is 13.8 Å². The van der Waals surface area contributed by atoms with Crippen LogP contribution in [0.15, 0.2) is 23.6 Å². The number of nitrogens with zero attached hydrogens (tertiary/aromatic N) is 1. The fourth-order valence-electron chi connectivity index (χ4n) is 1.49. The van der Waals surface area contributed by atoms with Gasteiger partial charge in [0.1, 0.15) is 0 Å². The first kappa shape index (κ1) is 13.8. The molecule has 0 unspecified atom stereocenters. The van der Waals surface area contributed by atoms with Gasteiger partial charge in [0.25, 0.3) is 0 Å². The Bertz CT molecular complexity index is 598. The number of carbonyl (C=O) groups is 1. The summed E-state index contributed by atoms with van der Waals surface area (Å²) in [5.41, 5.74) is 2.05. The monoisotopic (exact) mass is 296 g/mol. The molecule has 0 bridgehead atoms. The molecule has 0 amide bonds. The number of halogens is 1. The molecule has 1 N–H and O–H groups in total. The van der Waals surface area contributed by atoms with E-state index >= 15 is 0 Å². The van der Waals surface area contributed by atoms with Gasteiger partial charge in [0.15, 0.2) is 10.8 Å². The molecule has 0 atom stereocenters. The zero-order chi connectivity index (χ0) is 13.8. The lowest BCUT2D eigenvalue weighted by molar-refractivity contribution is 0.0520. The Balaban J connectivity index is 2.16. The minimum Gasteiger partial charge on any atom is -0.461 e. The summed E-state index contributed by atoms with van der Waals surface area (Å²) in [7, 11) is 0. The Morgan fingerprint density at radius 3 is 3.05 bits per heavy atom. The minimum absolute atomic E-state index is 0.304. The second-order valence-electron chi connectivity index (χ2n) is 3.82. The zero-order valence-corrected chi connectivity index (χ0v) is 12.1. The number of hydrogen-bond acceptors (Lipinski definition) is 5. The van der Waals surface area contributed by atoms with E-state index in [1.807, 2.05) is 25.1 Å². The van der Waals surface area contributed by atoms with Crippen molar-refractivity contribution >= 4 is 39.7 Å². The summed E-state index contributed by atoms with van der Waals surface area (Å²) >= 11 is 7.52. The summed E-state index contributed by atoms with van der Waals surface area (Å²) in [5.74, 6) is -0.415. The first-order valence-corrected chi connectivity index (χ1v) is 7.02. The molecule has 0 saturated carbocycles. The minimum atomic E-state index is -0.415. The summed E-state index contributed by atoms with van der Waals surface area (Å²) in [4.78, 5) is 15.7. The van der Waals surface area contributed by atoms with E-state index in [9.17, 15) is 4.79 Å². The van der Waals surface area contributed by atoms with Crippen LogP contribution in [0.5, 0.6) is 0 Å². The lowest BCUT2D eigenvalue weighted by Gasteiger charge is -2.06. The highest BCUT2D eigenvalue weighted by atomic mass is 35.5. The van der Waals surface area contributed by atoms with Crippen LogP contribution in [0.1, 0.15) is 23.0 Å². The molecule has 4 nitrogen and oxygen atoms in total. The average Bonchev–Trinajstić information content (AvgIpc) is 2.84. The largest absolute Gasteiger partial charge is 0.461 e. The highest BCUT2D eigenvalue weighted by Gasteiger charge is 2.12. The van der Waals surface area contributed by atoms with E-state index in [0.717, 1.165) is 11.3 Å². The number of aromatic nitrogens is 1. The third-order valence-corrected chi connectivity index (χ3v) is 3.68. The summed E-state index contributed by atoms with van der Waals surface area (Å²) in [6, 6.07) is 5.70. The molecule has 1 aromatic carbocycles. The molecule has 6 heteroatoms. The fraction of sp³-hybridized carbons (Fsp3) is 0.231. The molecular formula is C13H13ClN2O2S. The summed E-state index contributed by atoms with van der Waals surface area (Å²) in [6.07, 6.45) is 0. The molecular weight excluding hydrogens is 284 g/mol. The number of aryl methyl sites for hydroxylation is 1. The topological polar surface area (TPSA) is 51.2 Å². The van der Waals surface area contributed by atoms with Crippen molar-refractivity contribution in [3.05, 3.63) is 39.9 Å². The third-order valence-electron chi connectivity index (χ3n) is 2.42. The SMILES string of the molecule is CCOC(=O)c1csc(Nc2cccc(C)c2Cl)n1. The maximum Gasteiger partial charge on any atom is 0.357 e. The summed E-state index contributed by atoms with van der Waals surface area (Å²) in [5, 5.41) is 6.01. The average molecular weight is 297 g/mol. The van der Waals surface area contributed by atoms with Gasteiger partial charge >= 0.3 is 5.97 Å². The van der Waals surface area contributed by atoms with E-state index in [1.54, 1.807) is 12.3 Å². The number of carbonyl (C=O) groups excluding carboxylic acids is 1. The van der Waals surface area contributed by atoms with Gasteiger partial charge in [-0.05, 0) is 25.5 Å². The van der Waals surface area contributed by atoms with Gasteiger partial charge in [-0.2, -0.15) is 0 Å². The number of rotatable bonds is 4. The Labute approximate surface area is 120 Å². The van der Waals surface area contributed by atoms with Crippen molar-refractivity contribution in [3.63, 3.8) is 0 Å². The second kappa shape index (κ2) is 6.04. The molecule has 0 aliphatic rings. The van der Waals surface area contributed by atoms with Gasteiger partial charge in [-0.1, -0.05) is 23.7 Å². The first-order valence-electron chi connectivity index (χ1n) is 5.76. The molecule has 0 spiro atoms. The summed E-state index contributed by atoms with van der Waals surface area (Å²) < 4.78 is 4.89. The third kappa shape index (κ3) is 3.24. The van der Waals surface area contributed by atoms with Crippen LogP contribution >= 0.6 is 22.9 Å². The standard InChI is InChI=1S/C13H13ClN2O2S/c1-3-18-12(17)10-7-19-13(16-10)15-9-6-4-5-8(2)11(9)14/h4-7H,3H2,1-2H3,(H,15,16). The molecule has 1 aromatic heterocycles. The predicted molar refractivity (Wildman–Crippen MR) is 77.5 cm³/mol. The fourth-order valence-corrected chi connectivity index (χ4v) is 2.35. The van der Waals surface area contributed by atoms with Crippen LogP contribution in [0.2, 0.25) is 5.02 Å². The van der Waals surface area contributed by atoms with Crippen LogP contribution in [0, 0.1) is 6.92 Å². The number of hydrogen-bond donors (Lipinski definition) is 1. The number of ether oxygens (including phenoxy) is 1. The molecule has 0 aliphatic heterocycles. The smallest absolute Gasteiger partial charge is 0.357 e. The summed E-state index contributed by atoms with van der Waals surface area (Å²) in [6.45, 7) is 4.03. The van der Waals surface area contributed by atoms with Gasteiger partial charge < -0.3 is 10.1 Å². The van der Waals surface area contributed by atoms with Gasteiger partial charge in [-0.15, -0.1) is 11.3 Å². The Morgan fingerprint density at radius 1 is 1.53 bits per heavy atom. The number of nitrogens with one attached hydrogen (secondary N) is 1. The maximum absolute atomic E-state index is 11.5. The Hall–Kier alpha value is -1.59. The quantitative estimate of drug-likeness (QED) is 0.866. The molecule has 100 valence electrons. The Morgan fingerprint density at radius 2 is 2.32 bits per heavy atom. The van der Waals surface area contributed by atoms with Crippen molar-refractivity contribution in [2.75, 3.05) is 11.9 Å². The molecule has 2 aromatic rings. The highest BCUT2D eigenvalue weighted by molar-refractivity contribution is 7.14. The van der Waals surface area contributed by atoms with Gasteiger partial charge in [-0.3, -0.25) is 0 Å². The van der Waals surface area contributed by atoms with Crippen molar-refractivity contribution < 1.29 is 9.53 Å². The lowest BCUT2D eigenvalue weighted by atomic mass is 10.2. The van der Waals surface area contributed by atoms with Crippen LogP contribution in [0.25, 0.3) is 0 Å². The number of benzene rings is 1. The van der Waals surface area contributed by atoms with Crippen LogP contribution in [-0.4, -0.2) is 17.6 Å². The van der Waals surface area contributed by atoms with Crippen molar-refractivity contribution in [2.24, 2.45) is 0 Å². The lowest BCUT2D eigenvalue weighted by Crippen LogP contribution is -2.05. The van der Waals surface area contributed by atoms with Crippen LogP contribution in [0.3, 0.4) is 0 Å². The van der Waals surface area contributed by atoms with E-state index in [4.69, 9.17) is 16.3 Å². The molecule has 2 rings (SSSR count). The van der Waals surface area contributed by atoms with Gasteiger partial charge in [0, 0.05) is 5.38 Å². The maximum atomic E-state index is 11.5. The molecule has 0 radical (unpaired) electrons. The zero-order valence-electron chi connectivity index (χ0n) is 10.6. The predicted octanol–water partition coefficient (Wildman–Crippen LogP) is 4.03. The van der Waals surface area contributed by atoms with Crippen LogP contribution in [-0.2, 0) is 4.74 Å².